The number of thioether (sulfide) groups is 1. The van der Waals surface area contributed by atoms with Crippen molar-refractivity contribution < 1.29 is 9.53 Å². The van der Waals surface area contributed by atoms with Gasteiger partial charge in [0, 0.05) is 24.4 Å². The molecule has 35 heavy (non-hydrogen) atoms. The Morgan fingerprint density at radius 3 is 2.74 bits per heavy atom. The van der Waals surface area contributed by atoms with Crippen molar-refractivity contribution in [3.63, 3.8) is 0 Å². The van der Waals surface area contributed by atoms with Gasteiger partial charge in [0.05, 0.1) is 23.1 Å². The average Bonchev–Trinajstić information content (AvgIpc) is 3.09. The zero-order valence-corrected chi connectivity index (χ0v) is 21.8. The molecule has 10 heteroatoms. The number of nitrogens with zero attached hydrogens (tertiary/aromatic N) is 3. The van der Waals surface area contributed by atoms with Crippen LogP contribution in [0.1, 0.15) is 31.4 Å². The highest BCUT2D eigenvalue weighted by molar-refractivity contribution is 8.26. The molecule has 0 bridgehead atoms. The van der Waals surface area contributed by atoms with Crippen molar-refractivity contribution in [3.05, 3.63) is 80.1 Å². The molecule has 0 atom stereocenters. The van der Waals surface area contributed by atoms with Gasteiger partial charge in [-0.25, -0.2) is 4.98 Å². The zero-order chi connectivity index (χ0) is 24.9. The number of halogens is 1. The van der Waals surface area contributed by atoms with Crippen LogP contribution < -0.4 is 10.9 Å². The third kappa shape index (κ3) is 5.92. The van der Waals surface area contributed by atoms with Gasteiger partial charge in [-0.05, 0) is 50.1 Å². The number of hydrogen-bond acceptors (Lipinski definition) is 7. The van der Waals surface area contributed by atoms with Gasteiger partial charge in [0.1, 0.15) is 15.8 Å². The van der Waals surface area contributed by atoms with Gasteiger partial charge in [0.15, 0.2) is 0 Å². The summed E-state index contributed by atoms with van der Waals surface area (Å²) < 4.78 is 7.47. The van der Waals surface area contributed by atoms with Gasteiger partial charge in [0.25, 0.3) is 11.5 Å². The summed E-state index contributed by atoms with van der Waals surface area (Å²) >= 11 is 12.9. The number of carbonyl (C=O) groups excluding carboxylic acids is 1. The van der Waals surface area contributed by atoms with Crippen molar-refractivity contribution in [2.24, 2.45) is 0 Å². The van der Waals surface area contributed by atoms with Gasteiger partial charge in [-0.15, -0.1) is 0 Å². The van der Waals surface area contributed by atoms with Crippen LogP contribution in [0.4, 0.5) is 5.82 Å². The standard InChI is InChI=1S/C25H25ClN4O3S2/c1-16(2)33-13-7-11-27-22-18(23(31)29-12-6-5-10-21(29)28-22)14-20-24(32)30(25(34)35-20)15-17-8-3-4-9-19(17)26/h3-6,8-10,12,14,16,27H,7,11,13,15H2,1-2H3. The summed E-state index contributed by atoms with van der Waals surface area (Å²) in [5.74, 6) is 0.149. The lowest BCUT2D eigenvalue weighted by atomic mass is 10.2. The fraction of sp³-hybridized carbons (Fsp3) is 0.280. The van der Waals surface area contributed by atoms with E-state index in [9.17, 15) is 9.59 Å². The highest BCUT2D eigenvalue weighted by Gasteiger charge is 2.33. The average molecular weight is 529 g/mol. The molecule has 0 spiro atoms. The maximum absolute atomic E-state index is 13.3. The molecule has 1 amide bonds. The molecule has 1 fully saturated rings. The summed E-state index contributed by atoms with van der Waals surface area (Å²) in [6.07, 6.45) is 4.13. The van der Waals surface area contributed by atoms with Crippen molar-refractivity contribution in [1.82, 2.24) is 14.3 Å². The molecule has 0 saturated carbocycles. The molecule has 1 saturated heterocycles. The molecule has 0 aliphatic carbocycles. The number of carbonyl (C=O) groups is 1. The first-order valence-corrected chi connectivity index (χ1v) is 12.8. The normalized spacial score (nSPS) is 15.1. The number of pyridine rings is 1. The summed E-state index contributed by atoms with van der Waals surface area (Å²) in [6, 6.07) is 12.7. The van der Waals surface area contributed by atoms with E-state index in [1.165, 1.54) is 9.30 Å². The number of hydrogen-bond donors (Lipinski definition) is 1. The number of benzene rings is 1. The van der Waals surface area contributed by atoms with E-state index in [1.807, 2.05) is 38.1 Å². The maximum atomic E-state index is 13.3. The highest BCUT2D eigenvalue weighted by atomic mass is 35.5. The van der Waals surface area contributed by atoms with Crippen molar-refractivity contribution in [2.75, 3.05) is 18.5 Å². The third-order valence-corrected chi connectivity index (χ3v) is 7.02. The van der Waals surface area contributed by atoms with Crippen molar-refractivity contribution in [1.29, 1.82) is 0 Å². The number of aromatic nitrogens is 2. The molecule has 182 valence electrons. The lowest BCUT2D eigenvalue weighted by Crippen LogP contribution is -2.27. The lowest BCUT2D eigenvalue weighted by Gasteiger charge is -2.15. The minimum Gasteiger partial charge on any atom is -0.379 e. The smallest absolute Gasteiger partial charge is 0.267 e. The number of amides is 1. The molecular weight excluding hydrogens is 504 g/mol. The highest BCUT2D eigenvalue weighted by Crippen LogP contribution is 2.34. The first kappa shape index (κ1) is 25.4. The molecule has 7 nitrogen and oxygen atoms in total. The topological polar surface area (TPSA) is 75.9 Å². The monoisotopic (exact) mass is 528 g/mol. The number of nitrogens with one attached hydrogen (secondary N) is 1. The Labute approximate surface area is 218 Å². The second-order valence-electron chi connectivity index (χ2n) is 8.17. The van der Waals surface area contributed by atoms with Crippen LogP contribution in [0.25, 0.3) is 11.7 Å². The van der Waals surface area contributed by atoms with E-state index in [1.54, 1.807) is 30.5 Å². The second-order valence-corrected chi connectivity index (χ2v) is 10.3. The Morgan fingerprint density at radius 2 is 1.97 bits per heavy atom. The van der Waals surface area contributed by atoms with Crippen molar-refractivity contribution in [3.8, 4) is 0 Å². The van der Waals surface area contributed by atoms with E-state index in [0.717, 1.165) is 23.7 Å². The van der Waals surface area contributed by atoms with E-state index in [2.05, 4.69) is 10.3 Å². The van der Waals surface area contributed by atoms with E-state index in [4.69, 9.17) is 28.6 Å². The molecule has 3 heterocycles. The van der Waals surface area contributed by atoms with Gasteiger partial charge in [0.2, 0.25) is 0 Å². The maximum Gasteiger partial charge on any atom is 0.267 e. The van der Waals surface area contributed by atoms with Gasteiger partial charge < -0.3 is 10.1 Å². The zero-order valence-electron chi connectivity index (χ0n) is 19.4. The third-order valence-electron chi connectivity index (χ3n) is 5.27. The number of thiocarbonyl (C=S) groups is 1. The van der Waals surface area contributed by atoms with E-state index in [0.29, 0.717) is 44.4 Å². The second kappa shape index (κ2) is 11.3. The lowest BCUT2D eigenvalue weighted by molar-refractivity contribution is -0.122. The van der Waals surface area contributed by atoms with Crippen LogP contribution in [0.3, 0.4) is 0 Å². The predicted molar refractivity (Wildman–Crippen MR) is 146 cm³/mol. The van der Waals surface area contributed by atoms with Crippen molar-refractivity contribution >= 4 is 63.3 Å². The van der Waals surface area contributed by atoms with E-state index >= 15 is 0 Å². The van der Waals surface area contributed by atoms with Crippen LogP contribution in [0.5, 0.6) is 0 Å². The summed E-state index contributed by atoms with van der Waals surface area (Å²) in [5, 5.41) is 3.81. The molecule has 1 N–H and O–H groups in total. The Bertz CT molecular complexity index is 1360. The summed E-state index contributed by atoms with van der Waals surface area (Å²) in [7, 11) is 0. The van der Waals surface area contributed by atoms with E-state index < -0.39 is 0 Å². The number of rotatable bonds is 9. The van der Waals surface area contributed by atoms with Crippen LogP contribution in [-0.2, 0) is 16.1 Å². The molecule has 0 unspecified atom stereocenters. The van der Waals surface area contributed by atoms with Crippen LogP contribution in [0, 0.1) is 0 Å². The number of anilines is 1. The Morgan fingerprint density at radius 1 is 1.20 bits per heavy atom. The van der Waals surface area contributed by atoms with Gasteiger partial charge in [-0.1, -0.05) is 59.8 Å². The molecule has 3 aromatic rings. The first-order chi connectivity index (χ1) is 16.8. The van der Waals surface area contributed by atoms with Crippen LogP contribution in [-0.4, -0.2) is 43.8 Å². The Hall–Kier alpha value is -2.72. The quantitative estimate of drug-likeness (QED) is 0.238. The molecule has 2 aromatic heterocycles. The van der Waals surface area contributed by atoms with Gasteiger partial charge in [-0.2, -0.15) is 0 Å². The predicted octanol–water partition coefficient (Wildman–Crippen LogP) is 4.98. The molecule has 4 rings (SSSR count). The first-order valence-electron chi connectivity index (χ1n) is 11.2. The largest absolute Gasteiger partial charge is 0.379 e. The summed E-state index contributed by atoms with van der Waals surface area (Å²) in [6.45, 7) is 5.39. The van der Waals surface area contributed by atoms with Gasteiger partial charge in [-0.3, -0.25) is 18.9 Å². The van der Waals surface area contributed by atoms with Crippen LogP contribution >= 0.6 is 35.6 Å². The van der Waals surface area contributed by atoms with Crippen molar-refractivity contribution in [2.45, 2.75) is 32.9 Å². The minimum atomic E-state index is -0.270. The minimum absolute atomic E-state index is 0.154. The fourth-order valence-electron chi connectivity index (χ4n) is 3.53. The summed E-state index contributed by atoms with van der Waals surface area (Å²) in [5.41, 5.74) is 1.34. The molecule has 1 aliphatic rings. The number of ether oxygens (including phenoxy) is 1. The fourth-order valence-corrected chi connectivity index (χ4v) is 4.96. The number of fused-ring (bicyclic) bond motifs is 1. The van der Waals surface area contributed by atoms with Crippen LogP contribution in [0.2, 0.25) is 5.02 Å². The Balaban J connectivity index is 1.63. The molecule has 1 aromatic carbocycles. The molecule has 0 radical (unpaired) electrons. The molecular formula is C25H25ClN4O3S2. The van der Waals surface area contributed by atoms with Gasteiger partial charge >= 0.3 is 0 Å². The van der Waals surface area contributed by atoms with E-state index in [-0.39, 0.29) is 24.1 Å². The van der Waals surface area contributed by atoms with Crippen LogP contribution in [0.15, 0.2) is 58.4 Å². The Kier molecular flexibility index (Phi) is 8.22. The SMILES string of the molecule is CC(C)OCCCNc1nc2ccccn2c(=O)c1C=C1SC(=S)N(Cc2ccccc2Cl)C1=O. The summed E-state index contributed by atoms with van der Waals surface area (Å²) in [4.78, 5) is 33.1. The molecule has 1 aliphatic heterocycles.